The van der Waals surface area contributed by atoms with E-state index in [9.17, 15) is 9.18 Å². The Labute approximate surface area is 96.5 Å². The van der Waals surface area contributed by atoms with E-state index in [4.69, 9.17) is 10.2 Å². The fourth-order valence-electron chi connectivity index (χ4n) is 1.10. The molecule has 0 aromatic carbocycles. The summed E-state index contributed by atoms with van der Waals surface area (Å²) in [6.07, 6.45) is 1.77. The monoisotopic (exact) mass is 245 g/mol. The molecule has 1 unspecified atom stereocenters. The second-order valence-corrected chi connectivity index (χ2v) is 4.65. The highest BCUT2D eigenvalue weighted by atomic mass is 32.2. The average Bonchev–Trinajstić information content (AvgIpc) is 2.21. The van der Waals surface area contributed by atoms with Crippen molar-refractivity contribution >= 4 is 17.7 Å². The Morgan fingerprint density at radius 1 is 1.69 bits per heavy atom. The van der Waals surface area contributed by atoms with Crippen molar-refractivity contribution in [2.45, 2.75) is 23.6 Å². The number of nitrogens with zero attached hydrogens (tertiary/aromatic N) is 1. The lowest BCUT2D eigenvalue weighted by Crippen LogP contribution is -2.05. The van der Waals surface area contributed by atoms with Crippen LogP contribution in [0.1, 0.15) is 23.7 Å². The summed E-state index contributed by atoms with van der Waals surface area (Å²) in [5, 5.41) is 17.5. The minimum absolute atomic E-state index is 0.00834. The quantitative estimate of drug-likeness (QED) is 0.774. The Balaban J connectivity index is 2.89. The Bertz CT molecular complexity index is 386. The first-order valence-electron chi connectivity index (χ1n) is 4.71. The molecule has 0 aliphatic rings. The van der Waals surface area contributed by atoms with Gasteiger partial charge in [-0.25, -0.2) is 14.2 Å². The standard InChI is InChI=1S/C10H12FNO3S/c1-6(3-5-13)16-9-8(11)7(10(14)15)2-4-12-9/h2,4,6,13H,3,5H2,1H3,(H,14,15). The zero-order chi connectivity index (χ0) is 12.1. The van der Waals surface area contributed by atoms with E-state index in [1.807, 2.05) is 6.92 Å². The molecule has 2 N–H and O–H groups in total. The van der Waals surface area contributed by atoms with Crippen molar-refractivity contribution in [3.8, 4) is 0 Å². The third kappa shape index (κ3) is 3.18. The fraction of sp³-hybridized carbons (Fsp3) is 0.400. The van der Waals surface area contributed by atoms with Gasteiger partial charge in [0.25, 0.3) is 0 Å². The lowest BCUT2D eigenvalue weighted by atomic mass is 10.3. The van der Waals surface area contributed by atoms with Gasteiger partial charge in [0.2, 0.25) is 0 Å². The number of carbonyl (C=O) groups is 1. The third-order valence-corrected chi connectivity index (χ3v) is 3.08. The van der Waals surface area contributed by atoms with Crippen LogP contribution in [0.2, 0.25) is 0 Å². The topological polar surface area (TPSA) is 70.4 Å². The second kappa shape index (κ2) is 5.81. The maximum absolute atomic E-state index is 13.6. The summed E-state index contributed by atoms with van der Waals surface area (Å²) in [7, 11) is 0. The number of aliphatic hydroxyl groups is 1. The number of aromatic nitrogens is 1. The largest absolute Gasteiger partial charge is 0.478 e. The molecule has 1 aromatic heterocycles. The highest BCUT2D eigenvalue weighted by Crippen LogP contribution is 2.26. The molecule has 4 nitrogen and oxygen atoms in total. The summed E-state index contributed by atoms with van der Waals surface area (Å²) in [5.41, 5.74) is -0.381. The molecule has 0 spiro atoms. The maximum atomic E-state index is 13.6. The van der Waals surface area contributed by atoms with E-state index in [0.29, 0.717) is 6.42 Å². The summed E-state index contributed by atoms with van der Waals surface area (Å²) in [5.74, 6) is -2.12. The number of hydrogen-bond acceptors (Lipinski definition) is 4. The van der Waals surface area contributed by atoms with Crippen molar-refractivity contribution in [3.05, 3.63) is 23.6 Å². The number of aromatic carboxylic acids is 1. The van der Waals surface area contributed by atoms with Gasteiger partial charge in [0, 0.05) is 18.1 Å². The number of pyridine rings is 1. The lowest BCUT2D eigenvalue weighted by molar-refractivity contribution is 0.0691. The Hall–Kier alpha value is -1.14. The van der Waals surface area contributed by atoms with Gasteiger partial charge >= 0.3 is 5.97 Å². The Kier molecular flexibility index (Phi) is 4.70. The van der Waals surface area contributed by atoms with Gasteiger partial charge in [0.05, 0.1) is 5.56 Å². The van der Waals surface area contributed by atoms with E-state index in [2.05, 4.69) is 4.98 Å². The lowest BCUT2D eigenvalue weighted by Gasteiger charge is -2.09. The summed E-state index contributed by atoms with van der Waals surface area (Å²) in [4.78, 5) is 14.5. The van der Waals surface area contributed by atoms with Crippen LogP contribution < -0.4 is 0 Å². The molecule has 16 heavy (non-hydrogen) atoms. The zero-order valence-electron chi connectivity index (χ0n) is 8.68. The average molecular weight is 245 g/mol. The number of hydrogen-bond donors (Lipinski definition) is 2. The van der Waals surface area contributed by atoms with E-state index in [0.717, 1.165) is 17.8 Å². The van der Waals surface area contributed by atoms with Gasteiger partial charge < -0.3 is 10.2 Å². The van der Waals surface area contributed by atoms with Gasteiger partial charge in [0.15, 0.2) is 5.82 Å². The summed E-state index contributed by atoms with van der Waals surface area (Å²) in [6.45, 7) is 1.82. The van der Waals surface area contributed by atoms with Crippen molar-refractivity contribution in [1.29, 1.82) is 0 Å². The molecule has 1 rings (SSSR count). The maximum Gasteiger partial charge on any atom is 0.338 e. The summed E-state index contributed by atoms with van der Waals surface area (Å²) >= 11 is 1.12. The molecule has 0 saturated carbocycles. The van der Waals surface area contributed by atoms with Crippen LogP contribution in [0.4, 0.5) is 4.39 Å². The van der Waals surface area contributed by atoms with Crippen LogP contribution in [-0.4, -0.2) is 33.0 Å². The van der Waals surface area contributed by atoms with Gasteiger partial charge in [-0.05, 0) is 12.5 Å². The molecule has 0 fully saturated rings. The molecule has 0 aliphatic carbocycles. The van der Waals surface area contributed by atoms with Crippen LogP contribution in [0.15, 0.2) is 17.3 Å². The van der Waals surface area contributed by atoms with Gasteiger partial charge in [-0.2, -0.15) is 0 Å². The third-order valence-electron chi connectivity index (χ3n) is 1.94. The van der Waals surface area contributed by atoms with Crippen molar-refractivity contribution < 1.29 is 19.4 Å². The molecule has 0 saturated heterocycles. The van der Waals surface area contributed by atoms with Crippen molar-refractivity contribution in [2.24, 2.45) is 0 Å². The van der Waals surface area contributed by atoms with E-state index in [-0.39, 0.29) is 22.4 Å². The number of carboxylic acid groups (broad SMARTS) is 1. The first-order valence-corrected chi connectivity index (χ1v) is 5.59. The number of thioether (sulfide) groups is 1. The smallest absolute Gasteiger partial charge is 0.338 e. The SMILES string of the molecule is CC(CCO)Sc1nccc(C(=O)O)c1F. The highest BCUT2D eigenvalue weighted by Gasteiger charge is 2.17. The van der Waals surface area contributed by atoms with E-state index >= 15 is 0 Å². The molecule has 1 aromatic rings. The molecular weight excluding hydrogens is 233 g/mol. The minimum Gasteiger partial charge on any atom is -0.478 e. The molecule has 1 heterocycles. The molecular formula is C10H12FNO3S. The van der Waals surface area contributed by atoms with Gasteiger partial charge in [-0.15, -0.1) is 11.8 Å². The molecule has 0 amide bonds. The molecule has 0 bridgehead atoms. The number of carboxylic acids is 1. The van der Waals surface area contributed by atoms with Crippen molar-refractivity contribution in [2.75, 3.05) is 6.61 Å². The zero-order valence-corrected chi connectivity index (χ0v) is 9.50. The van der Waals surface area contributed by atoms with Crippen LogP contribution in [-0.2, 0) is 0 Å². The normalized spacial score (nSPS) is 12.4. The van der Waals surface area contributed by atoms with Gasteiger partial charge in [-0.3, -0.25) is 0 Å². The van der Waals surface area contributed by atoms with E-state index in [1.54, 1.807) is 0 Å². The van der Waals surface area contributed by atoms with E-state index < -0.39 is 11.8 Å². The second-order valence-electron chi connectivity index (χ2n) is 3.22. The fourth-order valence-corrected chi connectivity index (χ4v) is 2.04. The first-order chi connectivity index (χ1) is 7.56. The molecule has 88 valence electrons. The number of halogens is 1. The van der Waals surface area contributed by atoms with Crippen molar-refractivity contribution in [1.82, 2.24) is 4.98 Å². The van der Waals surface area contributed by atoms with Gasteiger partial charge in [0.1, 0.15) is 5.03 Å². The first kappa shape index (κ1) is 12.9. The van der Waals surface area contributed by atoms with Crippen LogP contribution in [0.3, 0.4) is 0 Å². The molecule has 6 heteroatoms. The Morgan fingerprint density at radius 2 is 2.38 bits per heavy atom. The number of rotatable bonds is 5. The van der Waals surface area contributed by atoms with Crippen molar-refractivity contribution in [3.63, 3.8) is 0 Å². The molecule has 0 aliphatic heterocycles. The van der Waals surface area contributed by atoms with Gasteiger partial charge in [-0.1, -0.05) is 6.92 Å². The predicted molar refractivity (Wildman–Crippen MR) is 58.2 cm³/mol. The molecule has 1 atom stereocenters. The van der Waals surface area contributed by atoms with Crippen LogP contribution in [0, 0.1) is 5.82 Å². The van der Waals surface area contributed by atoms with Crippen LogP contribution >= 0.6 is 11.8 Å². The van der Waals surface area contributed by atoms with E-state index in [1.165, 1.54) is 6.20 Å². The predicted octanol–water partition coefficient (Wildman–Crippen LogP) is 1.78. The Morgan fingerprint density at radius 3 is 2.94 bits per heavy atom. The minimum atomic E-state index is -1.31. The van der Waals surface area contributed by atoms with Crippen LogP contribution in [0.5, 0.6) is 0 Å². The highest BCUT2D eigenvalue weighted by molar-refractivity contribution is 7.99. The van der Waals surface area contributed by atoms with Crippen LogP contribution in [0.25, 0.3) is 0 Å². The number of aliphatic hydroxyl groups excluding tert-OH is 1. The molecule has 0 radical (unpaired) electrons. The summed E-state index contributed by atoms with van der Waals surface area (Å²) < 4.78 is 13.6. The summed E-state index contributed by atoms with van der Waals surface area (Å²) in [6, 6.07) is 1.12.